The smallest absolute Gasteiger partial charge is 0.338 e. The molecular weight excluding hydrogens is 284 g/mol. The fraction of sp³-hybridized carbons (Fsp3) is 0.438. The lowest BCUT2D eigenvalue weighted by Crippen LogP contribution is -2.27. The normalized spacial score (nSPS) is 16.4. The van der Waals surface area contributed by atoms with E-state index in [1.54, 1.807) is 12.1 Å². The van der Waals surface area contributed by atoms with E-state index in [1.807, 2.05) is 13.8 Å². The largest absolute Gasteiger partial charge is 0.478 e. The molecule has 22 heavy (non-hydrogen) atoms. The van der Waals surface area contributed by atoms with Crippen LogP contribution in [0.1, 0.15) is 48.5 Å². The maximum Gasteiger partial charge on any atom is 0.338 e. The zero-order valence-corrected chi connectivity index (χ0v) is 12.7. The molecule has 3 N–H and O–H groups in total. The molecule has 1 unspecified atom stereocenters. The number of amidine groups is 1. The third-order valence-electron chi connectivity index (χ3n) is 3.65. The molecule has 6 heteroatoms. The number of carbonyl (C=O) groups excluding carboxylic acids is 1. The molecule has 0 bridgehead atoms. The Morgan fingerprint density at radius 3 is 2.32 bits per heavy atom. The molecule has 0 aromatic heterocycles. The van der Waals surface area contributed by atoms with Crippen LogP contribution >= 0.6 is 0 Å². The van der Waals surface area contributed by atoms with Gasteiger partial charge in [0.25, 0.3) is 0 Å². The summed E-state index contributed by atoms with van der Waals surface area (Å²) in [4.78, 5) is 27.3. The SMILES string of the molecule is CC(C)C(/C(N)=N/OC(=O)C1CC1)c1ccc(C(=O)O)cc1. The van der Waals surface area contributed by atoms with Gasteiger partial charge in [0.05, 0.1) is 11.5 Å². The molecule has 0 spiro atoms. The van der Waals surface area contributed by atoms with Crippen LogP contribution in [0.25, 0.3) is 0 Å². The Labute approximate surface area is 128 Å². The summed E-state index contributed by atoms with van der Waals surface area (Å²) in [7, 11) is 0. The van der Waals surface area contributed by atoms with Crippen LogP contribution in [0.3, 0.4) is 0 Å². The van der Waals surface area contributed by atoms with E-state index in [4.69, 9.17) is 15.7 Å². The molecule has 0 radical (unpaired) electrons. The van der Waals surface area contributed by atoms with E-state index >= 15 is 0 Å². The number of hydrogen-bond donors (Lipinski definition) is 2. The van der Waals surface area contributed by atoms with Crippen LogP contribution in [0.15, 0.2) is 29.4 Å². The van der Waals surface area contributed by atoms with Gasteiger partial charge in [-0.2, -0.15) is 0 Å². The number of nitrogens with two attached hydrogens (primary N) is 1. The van der Waals surface area contributed by atoms with Crippen molar-refractivity contribution in [2.75, 3.05) is 0 Å². The Morgan fingerprint density at radius 1 is 1.27 bits per heavy atom. The van der Waals surface area contributed by atoms with Crippen molar-refractivity contribution in [3.05, 3.63) is 35.4 Å². The third kappa shape index (κ3) is 3.84. The predicted molar refractivity (Wildman–Crippen MR) is 81.4 cm³/mol. The Balaban J connectivity index is 2.15. The topological polar surface area (TPSA) is 102 Å². The van der Waals surface area contributed by atoms with Gasteiger partial charge in [-0.15, -0.1) is 0 Å². The number of carbonyl (C=O) groups is 2. The average molecular weight is 304 g/mol. The minimum atomic E-state index is -0.979. The van der Waals surface area contributed by atoms with Crippen molar-refractivity contribution in [2.45, 2.75) is 32.6 Å². The molecule has 0 amide bonds. The quantitative estimate of drug-likeness (QED) is 0.363. The number of rotatable bonds is 6. The van der Waals surface area contributed by atoms with Gasteiger partial charge in [0.2, 0.25) is 0 Å². The zero-order valence-electron chi connectivity index (χ0n) is 12.7. The molecule has 1 aliphatic carbocycles. The first-order valence-electron chi connectivity index (χ1n) is 7.27. The van der Waals surface area contributed by atoms with E-state index in [0.717, 1.165) is 18.4 Å². The first kappa shape index (κ1) is 16.0. The fourth-order valence-corrected chi connectivity index (χ4v) is 2.28. The monoisotopic (exact) mass is 304 g/mol. The summed E-state index contributed by atoms with van der Waals surface area (Å²) in [6.07, 6.45) is 1.69. The van der Waals surface area contributed by atoms with Crippen LogP contribution in [-0.4, -0.2) is 22.9 Å². The van der Waals surface area contributed by atoms with Gasteiger partial charge in [0, 0.05) is 5.92 Å². The summed E-state index contributed by atoms with van der Waals surface area (Å²) in [6.45, 7) is 3.95. The summed E-state index contributed by atoms with van der Waals surface area (Å²) in [5, 5.41) is 12.7. The van der Waals surface area contributed by atoms with E-state index in [2.05, 4.69) is 5.16 Å². The molecule has 1 saturated carbocycles. The second-order valence-corrected chi connectivity index (χ2v) is 5.85. The second-order valence-electron chi connectivity index (χ2n) is 5.85. The highest BCUT2D eigenvalue weighted by atomic mass is 16.7. The number of aromatic carboxylic acids is 1. The van der Waals surface area contributed by atoms with Gasteiger partial charge in [0.1, 0.15) is 5.84 Å². The lowest BCUT2D eigenvalue weighted by atomic mass is 9.87. The van der Waals surface area contributed by atoms with Crippen LogP contribution in [-0.2, 0) is 9.63 Å². The number of carboxylic acids is 1. The highest BCUT2D eigenvalue weighted by molar-refractivity contribution is 5.90. The van der Waals surface area contributed by atoms with Crippen LogP contribution in [0.2, 0.25) is 0 Å². The molecular formula is C16H20N2O4. The zero-order chi connectivity index (χ0) is 16.3. The first-order chi connectivity index (χ1) is 10.4. The van der Waals surface area contributed by atoms with Crippen molar-refractivity contribution < 1.29 is 19.5 Å². The van der Waals surface area contributed by atoms with Crippen LogP contribution < -0.4 is 5.73 Å². The Kier molecular flexibility index (Phi) is 4.80. The summed E-state index contributed by atoms with van der Waals surface area (Å²) in [5.74, 6) is -1.26. The van der Waals surface area contributed by atoms with Crippen molar-refractivity contribution in [1.29, 1.82) is 0 Å². The molecule has 1 fully saturated rings. The molecule has 0 saturated heterocycles. The fourth-order valence-electron chi connectivity index (χ4n) is 2.28. The van der Waals surface area contributed by atoms with Gasteiger partial charge < -0.3 is 15.7 Å². The molecule has 1 aromatic rings. The van der Waals surface area contributed by atoms with Crippen molar-refractivity contribution in [3.8, 4) is 0 Å². The van der Waals surface area contributed by atoms with E-state index < -0.39 is 5.97 Å². The van der Waals surface area contributed by atoms with E-state index in [-0.39, 0.29) is 35.1 Å². The average Bonchev–Trinajstić information content (AvgIpc) is 3.29. The predicted octanol–water partition coefficient (Wildman–Crippen LogP) is 2.35. The van der Waals surface area contributed by atoms with Gasteiger partial charge >= 0.3 is 11.9 Å². The third-order valence-corrected chi connectivity index (χ3v) is 3.65. The van der Waals surface area contributed by atoms with Crippen molar-refractivity contribution >= 4 is 17.8 Å². The highest BCUT2D eigenvalue weighted by Gasteiger charge is 2.32. The van der Waals surface area contributed by atoms with Gasteiger partial charge in [-0.1, -0.05) is 31.1 Å². The van der Waals surface area contributed by atoms with E-state index in [9.17, 15) is 9.59 Å². The molecule has 0 heterocycles. The molecule has 2 rings (SSSR count). The Hall–Kier alpha value is -2.37. The number of benzene rings is 1. The molecule has 118 valence electrons. The van der Waals surface area contributed by atoms with Crippen LogP contribution in [0.5, 0.6) is 0 Å². The highest BCUT2D eigenvalue weighted by Crippen LogP contribution is 2.30. The Bertz CT molecular complexity index is 589. The summed E-state index contributed by atoms with van der Waals surface area (Å²) >= 11 is 0. The molecule has 0 aliphatic heterocycles. The number of carboxylic acid groups (broad SMARTS) is 1. The lowest BCUT2D eigenvalue weighted by Gasteiger charge is -2.20. The first-order valence-corrected chi connectivity index (χ1v) is 7.27. The van der Waals surface area contributed by atoms with Gasteiger partial charge in [-0.05, 0) is 36.5 Å². The second kappa shape index (κ2) is 6.60. The summed E-state index contributed by atoms with van der Waals surface area (Å²) < 4.78 is 0. The standard InChI is InChI=1S/C16H20N2O4/c1-9(2)13(10-3-5-11(6-4-10)15(19)20)14(17)18-22-16(21)12-7-8-12/h3-6,9,12-13H,7-8H2,1-2H3,(H2,17,18)(H,19,20). The summed E-state index contributed by atoms with van der Waals surface area (Å²) in [6, 6.07) is 6.46. The van der Waals surface area contributed by atoms with E-state index in [1.165, 1.54) is 12.1 Å². The van der Waals surface area contributed by atoms with Gasteiger partial charge in [-0.25, -0.2) is 9.59 Å². The van der Waals surface area contributed by atoms with Crippen LogP contribution in [0.4, 0.5) is 0 Å². The van der Waals surface area contributed by atoms with E-state index in [0.29, 0.717) is 0 Å². The van der Waals surface area contributed by atoms with Crippen molar-refractivity contribution in [1.82, 2.24) is 0 Å². The summed E-state index contributed by atoms with van der Waals surface area (Å²) in [5.41, 5.74) is 7.02. The number of oxime groups is 1. The maximum absolute atomic E-state index is 11.5. The minimum absolute atomic E-state index is 0.0381. The lowest BCUT2D eigenvalue weighted by molar-refractivity contribution is -0.145. The number of nitrogens with zero attached hydrogens (tertiary/aromatic N) is 1. The van der Waals surface area contributed by atoms with Crippen molar-refractivity contribution in [3.63, 3.8) is 0 Å². The minimum Gasteiger partial charge on any atom is -0.478 e. The maximum atomic E-state index is 11.5. The Morgan fingerprint density at radius 2 is 1.86 bits per heavy atom. The number of hydrogen-bond acceptors (Lipinski definition) is 4. The van der Waals surface area contributed by atoms with Gasteiger partial charge in [-0.3, -0.25) is 0 Å². The molecule has 1 aliphatic rings. The molecule has 1 atom stereocenters. The van der Waals surface area contributed by atoms with Gasteiger partial charge in [0.15, 0.2) is 0 Å². The molecule has 1 aromatic carbocycles. The van der Waals surface area contributed by atoms with Crippen LogP contribution in [0, 0.1) is 11.8 Å². The molecule has 6 nitrogen and oxygen atoms in total. The van der Waals surface area contributed by atoms with Crippen molar-refractivity contribution in [2.24, 2.45) is 22.7 Å².